The second kappa shape index (κ2) is 5.61. The SMILES string of the molecule is COC1(CNCc2ccccc2C2CC2)CCOC1. The third-order valence-electron chi connectivity index (χ3n) is 4.34. The molecule has 2 fully saturated rings. The van der Waals surface area contributed by atoms with Crippen LogP contribution < -0.4 is 5.32 Å². The standard InChI is InChI=1S/C16H23NO2/c1-18-16(8-9-19-12-16)11-17-10-14-4-2-3-5-15(14)13-6-7-13/h2-5,13,17H,6-12H2,1H3. The molecule has 1 saturated heterocycles. The van der Waals surface area contributed by atoms with Crippen molar-refractivity contribution in [2.75, 3.05) is 26.9 Å². The van der Waals surface area contributed by atoms with Crippen LogP contribution in [0.15, 0.2) is 24.3 Å². The maximum absolute atomic E-state index is 5.64. The van der Waals surface area contributed by atoms with E-state index < -0.39 is 0 Å². The largest absolute Gasteiger partial charge is 0.378 e. The Morgan fingerprint density at radius 3 is 2.89 bits per heavy atom. The Labute approximate surface area is 115 Å². The maximum Gasteiger partial charge on any atom is 0.106 e. The third kappa shape index (κ3) is 2.99. The Kier molecular flexibility index (Phi) is 3.87. The van der Waals surface area contributed by atoms with E-state index in [9.17, 15) is 0 Å². The van der Waals surface area contributed by atoms with Crippen molar-refractivity contribution in [3.8, 4) is 0 Å². The molecule has 0 spiro atoms. The Hall–Kier alpha value is -0.900. The van der Waals surface area contributed by atoms with Gasteiger partial charge < -0.3 is 14.8 Å². The average Bonchev–Trinajstić information content (AvgIpc) is 3.19. The number of nitrogens with one attached hydrogen (secondary N) is 1. The van der Waals surface area contributed by atoms with E-state index in [0.717, 1.165) is 32.0 Å². The van der Waals surface area contributed by atoms with E-state index in [1.54, 1.807) is 7.11 Å². The van der Waals surface area contributed by atoms with Crippen LogP contribution in [0, 0.1) is 0 Å². The molecule has 0 radical (unpaired) electrons. The molecule has 3 rings (SSSR count). The average molecular weight is 261 g/mol. The van der Waals surface area contributed by atoms with Crippen LogP contribution in [0.3, 0.4) is 0 Å². The summed E-state index contributed by atoms with van der Waals surface area (Å²) in [6, 6.07) is 8.80. The van der Waals surface area contributed by atoms with Gasteiger partial charge in [-0.05, 0) is 29.9 Å². The first-order valence-corrected chi connectivity index (χ1v) is 7.24. The summed E-state index contributed by atoms with van der Waals surface area (Å²) in [6.07, 6.45) is 3.69. The molecule has 1 aliphatic carbocycles. The first-order valence-electron chi connectivity index (χ1n) is 7.24. The number of ether oxygens (including phenoxy) is 2. The summed E-state index contributed by atoms with van der Waals surface area (Å²) in [6.45, 7) is 3.31. The van der Waals surface area contributed by atoms with Crippen molar-refractivity contribution in [3.05, 3.63) is 35.4 Å². The van der Waals surface area contributed by atoms with Crippen molar-refractivity contribution in [2.24, 2.45) is 0 Å². The summed E-state index contributed by atoms with van der Waals surface area (Å²) in [5.74, 6) is 0.809. The van der Waals surface area contributed by atoms with E-state index in [2.05, 4.69) is 29.6 Å². The van der Waals surface area contributed by atoms with Crippen LogP contribution in [-0.2, 0) is 16.0 Å². The number of hydrogen-bond donors (Lipinski definition) is 1. The summed E-state index contributed by atoms with van der Waals surface area (Å²) >= 11 is 0. The zero-order valence-corrected chi connectivity index (χ0v) is 11.7. The fourth-order valence-corrected chi connectivity index (χ4v) is 2.87. The van der Waals surface area contributed by atoms with Crippen LogP contribution in [0.2, 0.25) is 0 Å². The molecule has 104 valence electrons. The molecule has 0 aromatic heterocycles. The van der Waals surface area contributed by atoms with Crippen molar-refractivity contribution in [1.29, 1.82) is 0 Å². The van der Waals surface area contributed by atoms with Gasteiger partial charge in [-0.15, -0.1) is 0 Å². The smallest absolute Gasteiger partial charge is 0.106 e. The van der Waals surface area contributed by atoms with Gasteiger partial charge in [0.2, 0.25) is 0 Å². The van der Waals surface area contributed by atoms with E-state index in [1.165, 1.54) is 24.0 Å². The molecule has 1 aliphatic heterocycles. The first-order chi connectivity index (χ1) is 9.33. The van der Waals surface area contributed by atoms with Gasteiger partial charge in [0.15, 0.2) is 0 Å². The van der Waals surface area contributed by atoms with E-state index in [4.69, 9.17) is 9.47 Å². The highest BCUT2D eigenvalue weighted by Crippen LogP contribution is 2.41. The fraction of sp³-hybridized carbons (Fsp3) is 0.625. The molecule has 19 heavy (non-hydrogen) atoms. The fourth-order valence-electron chi connectivity index (χ4n) is 2.87. The molecule has 1 aromatic carbocycles. The second-order valence-corrected chi connectivity index (χ2v) is 5.77. The highest BCUT2D eigenvalue weighted by molar-refractivity contribution is 5.33. The van der Waals surface area contributed by atoms with Crippen molar-refractivity contribution >= 4 is 0 Å². The monoisotopic (exact) mass is 261 g/mol. The Morgan fingerprint density at radius 1 is 1.37 bits per heavy atom. The van der Waals surface area contributed by atoms with Gasteiger partial charge in [-0.1, -0.05) is 24.3 Å². The van der Waals surface area contributed by atoms with Crippen LogP contribution in [-0.4, -0.2) is 32.5 Å². The Bertz CT molecular complexity index is 423. The van der Waals surface area contributed by atoms with Gasteiger partial charge in [-0.25, -0.2) is 0 Å². The summed E-state index contributed by atoms with van der Waals surface area (Å²) in [5, 5.41) is 3.55. The van der Waals surface area contributed by atoms with E-state index >= 15 is 0 Å². The molecule has 0 amide bonds. The zero-order valence-electron chi connectivity index (χ0n) is 11.7. The quantitative estimate of drug-likeness (QED) is 0.853. The molecule has 1 saturated carbocycles. The molecule has 1 atom stereocenters. The molecule has 1 N–H and O–H groups in total. The van der Waals surface area contributed by atoms with Gasteiger partial charge in [0.1, 0.15) is 5.60 Å². The van der Waals surface area contributed by atoms with Crippen LogP contribution in [0.5, 0.6) is 0 Å². The van der Waals surface area contributed by atoms with Gasteiger partial charge in [-0.2, -0.15) is 0 Å². The van der Waals surface area contributed by atoms with Crippen LogP contribution >= 0.6 is 0 Å². The lowest BCUT2D eigenvalue weighted by molar-refractivity contribution is -0.0159. The number of methoxy groups -OCH3 is 1. The summed E-state index contributed by atoms with van der Waals surface area (Å²) in [7, 11) is 1.79. The molecule has 0 bridgehead atoms. The van der Waals surface area contributed by atoms with Gasteiger partial charge in [-0.3, -0.25) is 0 Å². The molecular weight excluding hydrogens is 238 g/mol. The second-order valence-electron chi connectivity index (χ2n) is 5.77. The minimum atomic E-state index is -0.117. The molecular formula is C16H23NO2. The third-order valence-corrected chi connectivity index (χ3v) is 4.34. The Balaban J connectivity index is 1.57. The summed E-state index contributed by atoms with van der Waals surface area (Å²) in [4.78, 5) is 0. The summed E-state index contributed by atoms with van der Waals surface area (Å²) in [5.41, 5.74) is 2.86. The molecule has 2 aliphatic rings. The number of hydrogen-bond acceptors (Lipinski definition) is 3. The Morgan fingerprint density at radius 2 is 2.21 bits per heavy atom. The van der Waals surface area contributed by atoms with Gasteiger partial charge in [0.05, 0.1) is 6.61 Å². The zero-order chi connectivity index (χ0) is 13.1. The topological polar surface area (TPSA) is 30.5 Å². The van der Waals surface area contributed by atoms with E-state index in [1.807, 2.05) is 0 Å². The van der Waals surface area contributed by atoms with Gasteiger partial charge >= 0.3 is 0 Å². The molecule has 1 aromatic rings. The molecule has 3 heteroatoms. The van der Waals surface area contributed by atoms with Crippen molar-refractivity contribution in [3.63, 3.8) is 0 Å². The van der Waals surface area contributed by atoms with Gasteiger partial charge in [0.25, 0.3) is 0 Å². The van der Waals surface area contributed by atoms with Crippen molar-refractivity contribution < 1.29 is 9.47 Å². The lowest BCUT2D eigenvalue weighted by atomic mass is 10.0. The highest BCUT2D eigenvalue weighted by Gasteiger charge is 2.34. The lowest BCUT2D eigenvalue weighted by Gasteiger charge is -2.26. The normalized spacial score (nSPS) is 26.8. The van der Waals surface area contributed by atoms with Crippen LogP contribution in [0.4, 0.5) is 0 Å². The lowest BCUT2D eigenvalue weighted by Crippen LogP contribution is -2.42. The minimum absolute atomic E-state index is 0.117. The molecule has 3 nitrogen and oxygen atoms in total. The van der Waals surface area contributed by atoms with Crippen molar-refractivity contribution in [2.45, 2.75) is 37.3 Å². The van der Waals surface area contributed by atoms with E-state index in [-0.39, 0.29) is 5.60 Å². The molecule has 1 unspecified atom stereocenters. The predicted octanol–water partition coefficient (Wildman–Crippen LogP) is 2.46. The summed E-state index contributed by atoms with van der Waals surface area (Å²) < 4.78 is 11.1. The number of benzene rings is 1. The number of rotatable bonds is 6. The van der Waals surface area contributed by atoms with Crippen molar-refractivity contribution in [1.82, 2.24) is 5.32 Å². The predicted molar refractivity (Wildman–Crippen MR) is 75.3 cm³/mol. The first kappa shape index (κ1) is 13.1. The van der Waals surface area contributed by atoms with Crippen LogP contribution in [0.1, 0.15) is 36.3 Å². The highest BCUT2D eigenvalue weighted by atomic mass is 16.5. The van der Waals surface area contributed by atoms with Crippen LogP contribution in [0.25, 0.3) is 0 Å². The van der Waals surface area contributed by atoms with Gasteiger partial charge in [0, 0.05) is 33.2 Å². The minimum Gasteiger partial charge on any atom is -0.378 e. The maximum atomic E-state index is 5.64. The van der Waals surface area contributed by atoms with E-state index in [0.29, 0.717) is 6.61 Å². The molecule has 1 heterocycles.